The van der Waals surface area contributed by atoms with Crippen LogP contribution < -0.4 is 10.1 Å². The molecule has 1 aliphatic heterocycles. The summed E-state index contributed by atoms with van der Waals surface area (Å²) < 4.78 is 5.69. The predicted molar refractivity (Wildman–Crippen MR) is 90.8 cm³/mol. The molecule has 0 aromatic heterocycles. The van der Waals surface area contributed by atoms with E-state index in [0.717, 1.165) is 11.1 Å². The first-order valence-corrected chi connectivity index (χ1v) is 7.55. The van der Waals surface area contributed by atoms with Gasteiger partial charge in [-0.3, -0.25) is 4.79 Å². The van der Waals surface area contributed by atoms with Crippen molar-refractivity contribution >= 4 is 23.1 Å². The van der Waals surface area contributed by atoms with Gasteiger partial charge in [-0.15, -0.1) is 0 Å². The van der Waals surface area contributed by atoms with Crippen molar-refractivity contribution in [1.82, 2.24) is 0 Å². The molecule has 0 spiro atoms. The number of carboxylic acids is 1. The Labute approximate surface area is 139 Å². The van der Waals surface area contributed by atoms with Gasteiger partial charge in [0.25, 0.3) is 5.91 Å². The Kier molecular flexibility index (Phi) is 4.08. The number of carbonyl (C=O) groups excluding carboxylic acids is 1. The van der Waals surface area contributed by atoms with Crippen LogP contribution in [0.5, 0.6) is 5.75 Å². The number of rotatable bonds is 4. The van der Waals surface area contributed by atoms with Crippen LogP contribution in [0.4, 0.5) is 5.69 Å². The largest absolute Gasteiger partial charge is 0.478 e. The molecule has 1 heterocycles. The monoisotopic (exact) mass is 323 g/mol. The van der Waals surface area contributed by atoms with Crippen LogP contribution in [0.15, 0.2) is 54.1 Å². The third-order valence-electron chi connectivity index (χ3n) is 3.82. The number of aliphatic carboxylic acids is 1. The molecule has 1 atom stereocenters. The van der Waals surface area contributed by atoms with E-state index in [2.05, 4.69) is 5.32 Å². The zero-order valence-corrected chi connectivity index (χ0v) is 13.4. The number of anilines is 1. The van der Waals surface area contributed by atoms with Crippen LogP contribution in [-0.4, -0.2) is 17.0 Å². The van der Waals surface area contributed by atoms with Crippen molar-refractivity contribution in [3.63, 3.8) is 0 Å². The minimum atomic E-state index is -1.11. The fraction of sp³-hybridized carbons (Fsp3) is 0.158. The van der Waals surface area contributed by atoms with Crippen LogP contribution >= 0.6 is 0 Å². The molecule has 0 saturated carbocycles. The summed E-state index contributed by atoms with van der Waals surface area (Å²) in [4.78, 5) is 23.6. The molecule has 2 N–H and O–H groups in total. The third-order valence-corrected chi connectivity index (χ3v) is 3.82. The molecular formula is C19H17NO4. The highest BCUT2D eigenvalue weighted by Gasteiger charge is 2.27. The van der Waals surface area contributed by atoms with E-state index in [1.54, 1.807) is 42.5 Å². The van der Waals surface area contributed by atoms with E-state index in [4.69, 9.17) is 4.74 Å². The van der Waals surface area contributed by atoms with E-state index >= 15 is 0 Å². The molecule has 0 bridgehead atoms. The highest BCUT2D eigenvalue weighted by molar-refractivity contribution is 6.32. The highest BCUT2D eigenvalue weighted by Crippen LogP contribution is 2.37. The average Bonchev–Trinajstić information content (AvgIpc) is 2.88. The van der Waals surface area contributed by atoms with Gasteiger partial charge in [0, 0.05) is 22.4 Å². The van der Waals surface area contributed by atoms with E-state index in [1.807, 2.05) is 19.9 Å². The van der Waals surface area contributed by atoms with Crippen LogP contribution in [0.3, 0.4) is 0 Å². The summed E-state index contributed by atoms with van der Waals surface area (Å²) in [5.41, 5.74) is 3.48. The molecular weight excluding hydrogens is 306 g/mol. The van der Waals surface area contributed by atoms with Gasteiger partial charge in [-0.05, 0) is 32.0 Å². The number of carbonyl (C=O) groups is 2. The number of carboxylic acid groups (broad SMARTS) is 1. The van der Waals surface area contributed by atoms with Crippen molar-refractivity contribution in [2.45, 2.75) is 20.0 Å². The molecule has 1 amide bonds. The lowest BCUT2D eigenvalue weighted by Crippen LogP contribution is -2.18. The van der Waals surface area contributed by atoms with Gasteiger partial charge in [-0.25, -0.2) is 4.79 Å². The van der Waals surface area contributed by atoms with Crippen LogP contribution in [0.2, 0.25) is 0 Å². The lowest BCUT2D eigenvalue weighted by atomic mass is 10.0. The Balaban J connectivity index is 1.96. The molecule has 1 unspecified atom stereocenters. The summed E-state index contributed by atoms with van der Waals surface area (Å²) in [5.74, 6) is -0.821. The summed E-state index contributed by atoms with van der Waals surface area (Å²) in [6.07, 6.45) is -1.11. The second kappa shape index (κ2) is 6.20. The number of hydrogen-bond acceptors (Lipinski definition) is 3. The Morgan fingerprint density at radius 2 is 1.83 bits per heavy atom. The summed E-state index contributed by atoms with van der Waals surface area (Å²) in [5, 5.41) is 12.3. The zero-order chi connectivity index (χ0) is 17.3. The number of benzene rings is 2. The Hall–Kier alpha value is -3.08. The van der Waals surface area contributed by atoms with Gasteiger partial charge in [-0.2, -0.15) is 0 Å². The van der Waals surface area contributed by atoms with Crippen molar-refractivity contribution in [3.8, 4) is 5.75 Å². The van der Waals surface area contributed by atoms with Crippen molar-refractivity contribution in [1.29, 1.82) is 0 Å². The van der Waals surface area contributed by atoms with Gasteiger partial charge in [0.05, 0.1) is 0 Å². The van der Waals surface area contributed by atoms with Gasteiger partial charge in [-0.1, -0.05) is 35.9 Å². The second-order valence-electron chi connectivity index (χ2n) is 5.78. The molecule has 5 heteroatoms. The number of fused-ring (bicyclic) bond motifs is 1. The fourth-order valence-electron chi connectivity index (χ4n) is 2.74. The van der Waals surface area contributed by atoms with Gasteiger partial charge in [0.15, 0.2) is 0 Å². The molecule has 0 aliphatic carbocycles. The maximum Gasteiger partial charge on any atom is 0.349 e. The maximum absolute atomic E-state index is 12.0. The van der Waals surface area contributed by atoms with Gasteiger partial charge >= 0.3 is 5.97 Å². The Morgan fingerprint density at radius 1 is 1.12 bits per heavy atom. The van der Waals surface area contributed by atoms with Crippen LogP contribution in [0, 0.1) is 0 Å². The normalized spacial score (nSPS) is 13.9. The Morgan fingerprint density at radius 3 is 2.46 bits per heavy atom. The first kappa shape index (κ1) is 15.8. The summed E-state index contributed by atoms with van der Waals surface area (Å²) in [7, 11) is 0. The van der Waals surface area contributed by atoms with Gasteiger partial charge < -0.3 is 15.2 Å². The molecule has 5 nitrogen and oxygen atoms in total. The molecule has 1 aliphatic rings. The maximum atomic E-state index is 12.0. The van der Waals surface area contributed by atoms with Crippen molar-refractivity contribution in [2.24, 2.45) is 0 Å². The summed E-state index contributed by atoms with van der Waals surface area (Å²) in [6.45, 7) is 3.73. The molecule has 0 radical (unpaired) electrons. The first-order chi connectivity index (χ1) is 11.5. The van der Waals surface area contributed by atoms with E-state index < -0.39 is 12.1 Å². The standard InChI is InChI=1S/C19H17NO4/c1-11(2)16-14-10-13(8-9-15(14)20-18(16)21)24-17(19(22)23)12-6-4-3-5-7-12/h3-10,17H,1-2H3,(H,20,21)(H,22,23). The predicted octanol–water partition coefficient (Wildman–Crippen LogP) is 3.64. The molecule has 24 heavy (non-hydrogen) atoms. The summed E-state index contributed by atoms with van der Waals surface area (Å²) in [6, 6.07) is 13.8. The average molecular weight is 323 g/mol. The third kappa shape index (κ3) is 2.88. The van der Waals surface area contributed by atoms with Crippen molar-refractivity contribution in [2.75, 3.05) is 5.32 Å². The second-order valence-corrected chi connectivity index (χ2v) is 5.78. The highest BCUT2D eigenvalue weighted by atomic mass is 16.5. The van der Waals surface area contributed by atoms with Crippen molar-refractivity contribution < 1.29 is 19.4 Å². The topological polar surface area (TPSA) is 75.6 Å². The summed E-state index contributed by atoms with van der Waals surface area (Å²) >= 11 is 0. The molecule has 0 fully saturated rings. The fourth-order valence-corrected chi connectivity index (χ4v) is 2.74. The number of ether oxygens (including phenoxy) is 1. The number of hydrogen-bond donors (Lipinski definition) is 2. The lowest BCUT2D eigenvalue weighted by molar-refractivity contribution is -0.145. The SMILES string of the molecule is CC(C)=C1C(=O)Nc2ccc(OC(C(=O)O)c3ccccc3)cc21. The molecule has 2 aromatic carbocycles. The molecule has 2 aromatic rings. The lowest BCUT2D eigenvalue weighted by Gasteiger charge is -2.16. The van der Waals surface area contributed by atoms with E-state index in [-0.39, 0.29) is 5.91 Å². The van der Waals surface area contributed by atoms with Crippen molar-refractivity contribution in [3.05, 3.63) is 65.2 Å². The quantitative estimate of drug-likeness (QED) is 0.842. The van der Waals surface area contributed by atoms with Crippen LogP contribution in [0.1, 0.15) is 31.1 Å². The molecule has 3 rings (SSSR count). The smallest absolute Gasteiger partial charge is 0.349 e. The first-order valence-electron chi connectivity index (χ1n) is 7.55. The number of amides is 1. The number of allylic oxidation sites excluding steroid dienone is 1. The van der Waals surface area contributed by atoms with Gasteiger partial charge in [0.1, 0.15) is 5.75 Å². The minimum Gasteiger partial charge on any atom is -0.478 e. The molecule has 122 valence electrons. The van der Waals surface area contributed by atoms with Crippen LogP contribution in [0.25, 0.3) is 5.57 Å². The Bertz CT molecular complexity index is 836. The van der Waals surface area contributed by atoms with Crippen LogP contribution in [-0.2, 0) is 9.59 Å². The number of nitrogens with one attached hydrogen (secondary N) is 1. The van der Waals surface area contributed by atoms with E-state index in [0.29, 0.717) is 22.6 Å². The van der Waals surface area contributed by atoms with E-state index in [1.165, 1.54) is 0 Å². The minimum absolute atomic E-state index is 0.153. The van der Waals surface area contributed by atoms with E-state index in [9.17, 15) is 14.7 Å². The zero-order valence-electron chi connectivity index (χ0n) is 13.4. The molecule has 0 saturated heterocycles. The van der Waals surface area contributed by atoms with Gasteiger partial charge in [0.2, 0.25) is 6.10 Å².